The third-order valence-corrected chi connectivity index (χ3v) is 16.2. The lowest BCUT2D eigenvalue weighted by molar-refractivity contribution is -0.151. The Morgan fingerprint density at radius 1 is 0.679 bits per heavy atom. The second-order valence-corrected chi connectivity index (χ2v) is 19.5. The van der Waals surface area contributed by atoms with E-state index < -0.39 is 11.9 Å². The van der Waals surface area contributed by atoms with Crippen LogP contribution in [0, 0.1) is 35.5 Å². The van der Waals surface area contributed by atoms with Crippen LogP contribution in [0.2, 0.25) is 0 Å². The normalized spacial score (nSPS) is 39.0. The number of allylic oxidation sites excluding steroid dienone is 2. The largest absolute Gasteiger partial charge is 0.393 e. The summed E-state index contributed by atoms with van der Waals surface area (Å²) in [6.07, 6.45) is 25.9. The van der Waals surface area contributed by atoms with Gasteiger partial charge in [-0.15, -0.1) is 0 Å². The van der Waals surface area contributed by atoms with E-state index in [-0.39, 0.29) is 48.5 Å². The van der Waals surface area contributed by atoms with Gasteiger partial charge in [-0.1, -0.05) is 37.3 Å². The van der Waals surface area contributed by atoms with Crippen molar-refractivity contribution in [2.45, 2.75) is 185 Å². The first kappa shape index (κ1) is 40.6. The van der Waals surface area contributed by atoms with Crippen molar-refractivity contribution in [3.05, 3.63) is 11.1 Å². The van der Waals surface area contributed by atoms with Gasteiger partial charge >= 0.3 is 0 Å². The van der Waals surface area contributed by atoms with E-state index in [1.807, 2.05) is 11.1 Å². The van der Waals surface area contributed by atoms with E-state index in [0.29, 0.717) is 37.0 Å². The first-order valence-corrected chi connectivity index (χ1v) is 23.5. The van der Waals surface area contributed by atoms with Crippen LogP contribution in [0.3, 0.4) is 0 Å². The van der Waals surface area contributed by atoms with Crippen LogP contribution >= 0.6 is 0 Å². The summed E-state index contributed by atoms with van der Waals surface area (Å²) in [5.74, 6) is 1.04. The second kappa shape index (κ2) is 18.4. The van der Waals surface area contributed by atoms with Gasteiger partial charge in [0.2, 0.25) is 23.6 Å². The Balaban J connectivity index is 0.757. The zero-order valence-corrected chi connectivity index (χ0v) is 34.5. The van der Waals surface area contributed by atoms with Crippen LogP contribution in [0.5, 0.6) is 0 Å². The van der Waals surface area contributed by atoms with Gasteiger partial charge in [-0.3, -0.25) is 34.3 Å². The topological polar surface area (TPSA) is 119 Å². The molecular weight excluding hydrogens is 705 g/mol. The third kappa shape index (κ3) is 9.03. The summed E-state index contributed by atoms with van der Waals surface area (Å²) in [5.41, 5.74) is 3.69. The van der Waals surface area contributed by atoms with E-state index in [0.717, 1.165) is 63.2 Å². The number of fused-ring (bicyclic) bond motifs is 1. The number of amides is 4. The molecule has 8 rings (SSSR count). The maximum atomic E-state index is 13.5. The SMILES string of the molecule is CC/C(=C(\C1CCC(O)CC1)C1CCC(OC2CCC(CN3CCN(C4CCC5C(=O)N(C6CCC(=O)NC6=O)C(=O)C5C4)CC3)CC2)CC1)C1CCCCC1. The number of rotatable bonds is 10. The van der Waals surface area contributed by atoms with Gasteiger partial charge in [0.1, 0.15) is 6.04 Å². The molecule has 8 fully saturated rings. The van der Waals surface area contributed by atoms with Crippen molar-refractivity contribution in [1.82, 2.24) is 20.0 Å². The lowest BCUT2D eigenvalue weighted by Crippen LogP contribution is -2.54. The molecule has 3 aliphatic heterocycles. The highest BCUT2D eigenvalue weighted by Gasteiger charge is 2.54. The first-order chi connectivity index (χ1) is 27.2. The number of aliphatic hydroxyl groups is 1. The van der Waals surface area contributed by atoms with Crippen LogP contribution < -0.4 is 5.32 Å². The summed E-state index contributed by atoms with van der Waals surface area (Å²) < 4.78 is 6.89. The van der Waals surface area contributed by atoms with Crippen LogP contribution in [-0.4, -0.2) is 107 Å². The number of nitrogens with zero attached hydrogens (tertiary/aromatic N) is 3. The average molecular weight is 777 g/mol. The minimum Gasteiger partial charge on any atom is -0.393 e. The number of hydrogen-bond donors (Lipinski definition) is 2. The molecule has 3 saturated heterocycles. The summed E-state index contributed by atoms with van der Waals surface area (Å²) >= 11 is 0. The molecule has 0 aromatic rings. The highest BCUT2D eigenvalue weighted by atomic mass is 16.5. The van der Waals surface area contributed by atoms with Crippen molar-refractivity contribution in [3.8, 4) is 0 Å². The van der Waals surface area contributed by atoms with Crippen molar-refractivity contribution in [2.24, 2.45) is 35.5 Å². The molecule has 3 heterocycles. The van der Waals surface area contributed by atoms with E-state index in [1.54, 1.807) is 0 Å². The van der Waals surface area contributed by atoms with Gasteiger partial charge in [0, 0.05) is 45.2 Å². The second-order valence-electron chi connectivity index (χ2n) is 19.5. The van der Waals surface area contributed by atoms with Gasteiger partial charge in [0.15, 0.2) is 0 Å². The van der Waals surface area contributed by atoms with Crippen LogP contribution in [0.1, 0.15) is 155 Å². The lowest BCUT2D eigenvalue weighted by Gasteiger charge is -2.43. The van der Waals surface area contributed by atoms with Crippen LogP contribution in [0.15, 0.2) is 11.1 Å². The highest BCUT2D eigenvalue weighted by Crippen LogP contribution is 2.47. The van der Waals surface area contributed by atoms with Crippen molar-refractivity contribution < 1.29 is 29.0 Å². The van der Waals surface area contributed by atoms with E-state index in [4.69, 9.17) is 4.74 Å². The highest BCUT2D eigenvalue weighted by molar-refractivity contribution is 6.10. The molecule has 5 aliphatic carbocycles. The predicted octanol–water partition coefficient (Wildman–Crippen LogP) is 6.54. The number of aliphatic hydroxyl groups excluding tert-OH is 1. The molecule has 4 atom stereocenters. The fourth-order valence-corrected chi connectivity index (χ4v) is 13.1. The molecule has 5 saturated carbocycles. The van der Waals surface area contributed by atoms with Gasteiger partial charge in [-0.05, 0) is 146 Å². The van der Waals surface area contributed by atoms with E-state index in [9.17, 15) is 24.3 Å². The molecule has 10 heteroatoms. The number of piperidine rings is 1. The van der Waals surface area contributed by atoms with E-state index in [1.165, 1.54) is 114 Å². The number of carbonyl (C=O) groups excluding carboxylic acids is 4. The monoisotopic (exact) mass is 777 g/mol. The number of likely N-dealkylation sites (tertiary alicyclic amines) is 1. The number of nitrogens with one attached hydrogen (secondary N) is 1. The van der Waals surface area contributed by atoms with Crippen LogP contribution in [-0.2, 0) is 23.9 Å². The Bertz CT molecular complexity index is 1430. The zero-order valence-electron chi connectivity index (χ0n) is 34.5. The summed E-state index contributed by atoms with van der Waals surface area (Å²) in [7, 11) is 0. The number of hydrogen-bond acceptors (Lipinski definition) is 8. The maximum Gasteiger partial charge on any atom is 0.249 e. The minimum atomic E-state index is -0.841. The zero-order chi connectivity index (χ0) is 38.8. The van der Waals surface area contributed by atoms with Gasteiger partial charge in [0.05, 0.1) is 30.1 Å². The molecule has 10 nitrogen and oxygen atoms in total. The fourth-order valence-electron chi connectivity index (χ4n) is 13.1. The summed E-state index contributed by atoms with van der Waals surface area (Å²) in [6.45, 7) is 7.70. The molecule has 0 aromatic heterocycles. The molecule has 8 aliphatic rings. The Morgan fingerprint density at radius 3 is 1.95 bits per heavy atom. The van der Waals surface area contributed by atoms with Crippen LogP contribution in [0.25, 0.3) is 0 Å². The van der Waals surface area contributed by atoms with Gasteiger partial charge in [-0.25, -0.2) is 0 Å². The summed E-state index contributed by atoms with van der Waals surface area (Å²) in [4.78, 5) is 57.4. The van der Waals surface area contributed by atoms with Crippen molar-refractivity contribution in [1.29, 1.82) is 0 Å². The Kier molecular flexibility index (Phi) is 13.4. The molecular formula is C46H72N4O6. The fraction of sp³-hybridized carbons (Fsp3) is 0.870. The molecule has 0 aromatic carbocycles. The number of imide groups is 2. The molecule has 312 valence electrons. The molecule has 0 spiro atoms. The maximum absolute atomic E-state index is 13.5. The summed E-state index contributed by atoms with van der Waals surface area (Å²) in [5, 5.41) is 12.6. The Hall–Kier alpha value is -2.14. The Labute approximate surface area is 336 Å². The molecule has 56 heavy (non-hydrogen) atoms. The molecule has 4 unspecified atom stereocenters. The van der Waals surface area contributed by atoms with Gasteiger partial charge in [0.25, 0.3) is 0 Å². The molecule has 0 radical (unpaired) electrons. The quantitative estimate of drug-likeness (QED) is 0.190. The predicted molar refractivity (Wildman–Crippen MR) is 215 cm³/mol. The van der Waals surface area contributed by atoms with Crippen molar-refractivity contribution in [3.63, 3.8) is 0 Å². The molecule has 2 N–H and O–H groups in total. The smallest absolute Gasteiger partial charge is 0.249 e. The molecule has 0 bridgehead atoms. The molecule has 4 amide bonds. The first-order valence-electron chi connectivity index (χ1n) is 23.5. The van der Waals surface area contributed by atoms with Crippen molar-refractivity contribution >= 4 is 23.6 Å². The minimum absolute atomic E-state index is 0.0863. The van der Waals surface area contributed by atoms with Gasteiger partial charge < -0.3 is 14.7 Å². The number of carbonyl (C=O) groups is 4. The van der Waals surface area contributed by atoms with Crippen LogP contribution in [0.4, 0.5) is 0 Å². The standard InChI is InChI=1S/C46H72N4O6/c1-2-38(31-6-4-3-5-7-31)43(32-10-15-35(51)16-11-32)33-12-19-37(20-13-33)56-36-17-8-30(9-18-36)29-48-24-26-49(27-25-48)34-14-21-39-40(28-34)46(55)50(45(39)54)41-22-23-42(52)47-44(41)53/h30-37,39-41,51H,2-29H2,1H3,(H,47,52,53)/b43-38-. The van der Waals surface area contributed by atoms with Crippen molar-refractivity contribution in [2.75, 3.05) is 32.7 Å². The Morgan fingerprint density at radius 2 is 1.30 bits per heavy atom. The number of ether oxygens (including phenoxy) is 1. The van der Waals surface area contributed by atoms with E-state index >= 15 is 0 Å². The lowest BCUT2D eigenvalue weighted by atomic mass is 9.67. The van der Waals surface area contributed by atoms with E-state index in [2.05, 4.69) is 22.0 Å². The van der Waals surface area contributed by atoms with Gasteiger partial charge in [-0.2, -0.15) is 0 Å². The summed E-state index contributed by atoms with van der Waals surface area (Å²) in [6, 6.07) is -0.541. The number of piperazine rings is 1. The average Bonchev–Trinajstić information content (AvgIpc) is 3.47. The third-order valence-electron chi connectivity index (χ3n) is 16.2.